The first kappa shape index (κ1) is 13.6. The maximum absolute atomic E-state index is 11.2. The van der Waals surface area contributed by atoms with E-state index in [1.807, 2.05) is 0 Å². The molecule has 2 atom stereocenters. The highest BCUT2D eigenvalue weighted by atomic mass is 16.6. The molecule has 0 saturated heterocycles. The van der Waals surface area contributed by atoms with Crippen LogP contribution in [-0.2, 0) is 14.3 Å². The minimum atomic E-state index is -1.37. The van der Waals surface area contributed by atoms with E-state index in [0.29, 0.717) is 6.08 Å². The van der Waals surface area contributed by atoms with Crippen molar-refractivity contribution in [2.45, 2.75) is 32.7 Å². The molecule has 0 rings (SSSR count). The molecule has 0 aromatic carbocycles. The molecule has 0 aliphatic heterocycles. The van der Waals surface area contributed by atoms with E-state index in [2.05, 4.69) is 4.74 Å². The number of aliphatic hydroxyl groups excluding tert-OH is 2. The molecule has 0 radical (unpaired) electrons. The number of esters is 1. The second-order valence-electron chi connectivity index (χ2n) is 2.88. The second kappa shape index (κ2) is 6.15. The molecule has 0 saturated carbocycles. The summed E-state index contributed by atoms with van der Waals surface area (Å²) in [6.07, 6.45) is -1.83. The summed E-state index contributed by atoms with van der Waals surface area (Å²) in [5, 5.41) is 26.5. The van der Waals surface area contributed by atoms with Crippen molar-refractivity contribution in [1.82, 2.24) is 0 Å². The summed E-state index contributed by atoms with van der Waals surface area (Å²) in [6, 6.07) is 0. The third kappa shape index (κ3) is 5.14. The van der Waals surface area contributed by atoms with Gasteiger partial charge >= 0.3 is 11.9 Å². The van der Waals surface area contributed by atoms with Crippen LogP contribution < -0.4 is 0 Å². The van der Waals surface area contributed by atoms with Gasteiger partial charge in [-0.25, -0.2) is 9.59 Å². The van der Waals surface area contributed by atoms with E-state index in [0.717, 1.165) is 0 Å². The fraction of sp³-hybridized carbons (Fsp3) is 0.556. The zero-order valence-electron chi connectivity index (χ0n) is 8.51. The number of aliphatic hydroxyl groups is 2. The predicted molar refractivity (Wildman–Crippen MR) is 49.8 cm³/mol. The summed E-state index contributed by atoms with van der Waals surface area (Å²) in [5.74, 6) is -2.41. The summed E-state index contributed by atoms with van der Waals surface area (Å²) in [4.78, 5) is 21.5. The van der Waals surface area contributed by atoms with Gasteiger partial charge in [0.05, 0.1) is 11.7 Å². The minimum absolute atomic E-state index is 0.186. The molecule has 3 N–H and O–H groups in total. The summed E-state index contributed by atoms with van der Waals surface area (Å²) in [7, 11) is 0. The van der Waals surface area contributed by atoms with Gasteiger partial charge in [0.25, 0.3) is 0 Å². The van der Waals surface area contributed by atoms with E-state index in [-0.39, 0.29) is 6.42 Å². The lowest BCUT2D eigenvalue weighted by atomic mass is 10.1. The van der Waals surface area contributed by atoms with Crippen molar-refractivity contribution >= 4 is 11.9 Å². The van der Waals surface area contributed by atoms with Gasteiger partial charge in [-0.15, -0.1) is 0 Å². The molecule has 0 aromatic rings. The SMILES string of the molecule is CCC(O)OC(=O)/C(=C\C(=O)O)C(C)O. The number of carboxylic acid groups (broad SMARTS) is 1. The lowest BCUT2D eigenvalue weighted by Crippen LogP contribution is -2.23. The lowest BCUT2D eigenvalue weighted by Gasteiger charge is -2.13. The van der Waals surface area contributed by atoms with Crippen LogP contribution in [-0.4, -0.2) is 39.7 Å². The predicted octanol–water partition coefficient (Wildman–Crippen LogP) is -0.350. The Bertz CT molecular complexity index is 268. The summed E-state index contributed by atoms with van der Waals surface area (Å²) in [6.45, 7) is 2.81. The van der Waals surface area contributed by atoms with Crippen molar-refractivity contribution in [3.8, 4) is 0 Å². The average molecular weight is 218 g/mol. The second-order valence-corrected chi connectivity index (χ2v) is 2.88. The first-order chi connectivity index (χ1) is 6.88. The van der Waals surface area contributed by atoms with Crippen molar-refractivity contribution in [1.29, 1.82) is 0 Å². The van der Waals surface area contributed by atoms with Crippen LogP contribution in [0.5, 0.6) is 0 Å². The Balaban J connectivity index is 4.65. The summed E-state index contributed by atoms with van der Waals surface area (Å²) in [5.41, 5.74) is -0.407. The van der Waals surface area contributed by atoms with Crippen LogP contribution >= 0.6 is 0 Å². The number of carboxylic acids is 1. The van der Waals surface area contributed by atoms with E-state index >= 15 is 0 Å². The fourth-order valence-electron chi connectivity index (χ4n) is 0.758. The molecule has 6 heteroatoms. The number of hydrogen-bond acceptors (Lipinski definition) is 5. The third-order valence-corrected chi connectivity index (χ3v) is 1.56. The number of rotatable bonds is 5. The van der Waals surface area contributed by atoms with E-state index < -0.39 is 29.9 Å². The van der Waals surface area contributed by atoms with Gasteiger partial charge in [-0.2, -0.15) is 0 Å². The van der Waals surface area contributed by atoms with Crippen molar-refractivity contribution in [3.05, 3.63) is 11.6 Å². The van der Waals surface area contributed by atoms with E-state index in [1.54, 1.807) is 6.92 Å². The van der Waals surface area contributed by atoms with Gasteiger partial charge in [-0.3, -0.25) is 0 Å². The molecular formula is C9H14O6. The number of ether oxygens (including phenoxy) is 1. The van der Waals surface area contributed by atoms with Crippen LogP contribution in [0.3, 0.4) is 0 Å². The Morgan fingerprint density at radius 3 is 2.27 bits per heavy atom. The quantitative estimate of drug-likeness (QED) is 0.331. The highest BCUT2D eigenvalue weighted by molar-refractivity contribution is 5.96. The van der Waals surface area contributed by atoms with Gasteiger partial charge in [-0.1, -0.05) is 6.92 Å². The van der Waals surface area contributed by atoms with Crippen LogP contribution in [0.1, 0.15) is 20.3 Å². The molecule has 0 spiro atoms. The topological polar surface area (TPSA) is 104 Å². The monoisotopic (exact) mass is 218 g/mol. The zero-order valence-corrected chi connectivity index (χ0v) is 8.51. The maximum Gasteiger partial charge on any atom is 0.339 e. The number of hydrogen-bond donors (Lipinski definition) is 3. The van der Waals surface area contributed by atoms with E-state index in [4.69, 9.17) is 15.3 Å². The minimum Gasteiger partial charge on any atom is -0.478 e. The fourth-order valence-corrected chi connectivity index (χ4v) is 0.758. The molecule has 2 unspecified atom stereocenters. The average Bonchev–Trinajstić information content (AvgIpc) is 2.12. The first-order valence-electron chi connectivity index (χ1n) is 4.40. The van der Waals surface area contributed by atoms with Gasteiger partial charge in [0.15, 0.2) is 0 Å². The van der Waals surface area contributed by atoms with Gasteiger partial charge in [0, 0.05) is 12.5 Å². The van der Waals surface area contributed by atoms with Crippen LogP contribution in [0.4, 0.5) is 0 Å². The van der Waals surface area contributed by atoms with Crippen molar-refractivity contribution in [2.24, 2.45) is 0 Å². The Labute approximate surface area is 86.8 Å². The molecule has 0 aliphatic carbocycles. The number of carbonyl (C=O) groups is 2. The Hall–Kier alpha value is -1.40. The van der Waals surface area contributed by atoms with E-state index in [9.17, 15) is 9.59 Å². The van der Waals surface area contributed by atoms with Gasteiger partial charge in [-0.05, 0) is 6.92 Å². The van der Waals surface area contributed by atoms with Crippen LogP contribution in [0, 0.1) is 0 Å². The van der Waals surface area contributed by atoms with Gasteiger partial charge in [0.1, 0.15) is 0 Å². The Morgan fingerprint density at radius 1 is 1.40 bits per heavy atom. The number of carbonyl (C=O) groups excluding carboxylic acids is 1. The standard InChI is InChI=1S/C9H14O6/c1-3-8(13)15-9(14)6(5(2)10)4-7(11)12/h4-5,8,10,13H,3H2,1-2H3,(H,11,12)/b6-4-. The molecule has 0 bridgehead atoms. The first-order valence-corrected chi connectivity index (χ1v) is 4.40. The molecule has 0 aromatic heterocycles. The van der Waals surface area contributed by atoms with Gasteiger partial charge < -0.3 is 20.1 Å². The van der Waals surface area contributed by atoms with Crippen LogP contribution in [0.15, 0.2) is 11.6 Å². The molecule has 0 fully saturated rings. The molecule has 6 nitrogen and oxygen atoms in total. The molecule has 0 amide bonds. The molecular weight excluding hydrogens is 204 g/mol. The van der Waals surface area contributed by atoms with Crippen molar-refractivity contribution in [2.75, 3.05) is 0 Å². The smallest absolute Gasteiger partial charge is 0.339 e. The molecule has 0 aliphatic rings. The van der Waals surface area contributed by atoms with Crippen molar-refractivity contribution < 1.29 is 29.6 Å². The lowest BCUT2D eigenvalue weighted by molar-refractivity contribution is -0.164. The van der Waals surface area contributed by atoms with Gasteiger partial charge in [0.2, 0.25) is 6.29 Å². The Morgan fingerprint density at radius 2 is 1.93 bits per heavy atom. The summed E-state index contributed by atoms with van der Waals surface area (Å²) < 4.78 is 4.45. The normalized spacial score (nSPS) is 15.6. The third-order valence-electron chi connectivity index (χ3n) is 1.56. The molecule has 0 heterocycles. The van der Waals surface area contributed by atoms with Crippen LogP contribution in [0.2, 0.25) is 0 Å². The molecule has 86 valence electrons. The highest BCUT2D eigenvalue weighted by Crippen LogP contribution is 2.07. The highest BCUT2D eigenvalue weighted by Gasteiger charge is 2.20. The Kier molecular flexibility index (Phi) is 5.58. The molecule has 15 heavy (non-hydrogen) atoms. The zero-order chi connectivity index (χ0) is 12.0. The van der Waals surface area contributed by atoms with E-state index in [1.165, 1.54) is 6.92 Å². The van der Waals surface area contributed by atoms with Crippen LogP contribution in [0.25, 0.3) is 0 Å². The van der Waals surface area contributed by atoms with Crippen molar-refractivity contribution in [3.63, 3.8) is 0 Å². The largest absolute Gasteiger partial charge is 0.478 e. The maximum atomic E-state index is 11.2. The summed E-state index contributed by atoms with van der Waals surface area (Å²) >= 11 is 0. The number of aliphatic carboxylic acids is 1.